The number of H-pyrrole nitrogens is 1. The second kappa shape index (κ2) is 6.16. The van der Waals surface area contributed by atoms with Gasteiger partial charge in [0.1, 0.15) is 5.39 Å². The van der Waals surface area contributed by atoms with Gasteiger partial charge < -0.3 is 9.64 Å². The van der Waals surface area contributed by atoms with Gasteiger partial charge in [-0.25, -0.2) is 4.68 Å². The van der Waals surface area contributed by atoms with Gasteiger partial charge in [0.2, 0.25) is 5.95 Å². The average molecular weight is 360 g/mol. The average Bonchev–Trinajstić information content (AvgIpc) is 3.03. The Labute approximate surface area is 149 Å². The lowest BCUT2D eigenvalue weighted by molar-refractivity contribution is 0.122. The summed E-state index contributed by atoms with van der Waals surface area (Å²) in [6.07, 6.45) is 1.71. The topological polar surface area (TPSA) is 76.0 Å². The molecule has 0 atom stereocenters. The molecule has 3 heterocycles. The van der Waals surface area contributed by atoms with E-state index in [1.807, 2.05) is 30.9 Å². The predicted octanol–water partition coefficient (Wildman–Crippen LogP) is 2.22. The molecule has 0 spiro atoms. The number of aromatic nitrogens is 4. The molecule has 2 aromatic heterocycles. The van der Waals surface area contributed by atoms with E-state index in [-0.39, 0.29) is 5.56 Å². The summed E-state index contributed by atoms with van der Waals surface area (Å²) in [5, 5.41) is 5.69. The molecule has 0 bridgehead atoms. The number of halogens is 1. The zero-order valence-electron chi connectivity index (χ0n) is 14.0. The minimum atomic E-state index is -0.193. The summed E-state index contributed by atoms with van der Waals surface area (Å²) in [7, 11) is 0. The third-order valence-electron chi connectivity index (χ3n) is 4.41. The Kier molecular flexibility index (Phi) is 3.97. The van der Waals surface area contributed by atoms with Crippen molar-refractivity contribution in [1.82, 2.24) is 19.7 Å². The standard InChI is InChI=1S/C17H18ClN5O2/c1-10-8-14(11(2)7-13(10)18)23-9-12-15(21-23)19-17(20-16(12)24)22-3-5-25-6-4-22/h7-9H,3-6H2,1-2H3,(H,19,20,21,24). The summed E-state index contributed by atoms with van der Waals surface area (Å²) in [6, 6.07) is 3.86. The fourth-order valence-corrected chi connectivity index (χ4v) is 3.18. The normalized spacial score (nSPS) is 15.1. The molecule has 0 saturated carbocycles. The highest BCUT2D eigenvalue weighted by molar-refractivity contribution is 6.31. The molecule has 1 saturated heterocycles. The number of morpholine rings is 1. The van der Waals surface area contributed by atoms with Gasteiger partial charge in [0.15, 0.2) is 5.65 Å². The van der Waals surface area contributed by atoms with E-state index in [1.165, 1.54) is 0 Å². The number of aromatic amines is 1. The first-order valence-corrected chi connectivity index (χ1v) is 8.50. The Balaban J connectivity index is 1.81. The highest BCUT2D eigenvalue weighted by Crippen LogP contribution is 2.24. The maximum atomic E-state index is 12.5. The van der Waals surface area contributed by atoms with Gasteiger partial charge in [-0.15, -0.1) is 5.10 Å². The smallest absolute Gasteiger partial charge is 0.263 e. The maximum absolute atomic E-state index is 12.5. The van der Waals surface area contributed by atoms with Gasteiger partial charge >= 0.3 is 0 Å². The van der Waals surface area contributed by atoms with Crippen LogP contribution in [0.1, 0.15) is 11.1 Å². The fourth-order valence-electron chi connectivity index (χ4n) is 2.97. The van der Waals surface area contributed by atoms with Gasteiger partial charge in [-0.1, -0.05) is 11.6 Å². The van der Waals surface area contributed by atoms with Gasteiger partial charge in [0, 0.05) is 24.3 Å². The van der Waals surface area contributed by atoms with Gasteiger partial charge in [-0.2, -0.15) is 4.98 Å². The molecule has 25 heavy (non-hydrogen) atoms. The predicted molar refractivity (Wildman–Crippen MR) is 97.0 cm³/mol. The molecule has 0 aliphatic carbocycles. The highest BCUT2D eigenvalue weighted by Gasteiger charge is 2.17. The van der Waals surface area contributed by atoms with Crippen LogP contribution in [0.2, 0.25) is 5.02 Å². The number of hydrogen-bond donors (Lipinski definition) is 1. The molecule has 1 aromatic carbocycles. The molecular formula is C17H18ClN5O2. The fraction of sp³-hybridized carbons (Fsp3) is 0.353. The lowest BCUT2D eigenvalue weighted by Gasteiger charge is -2.26. The van der Waals surface area contributed by atoms with Crippen molar-refractivity contribution in [3.05, 3.63) is 44.8 Å². The molecule has 0 unspecified atom stereocenters. The summed E-state index contributed by atoms with van der Waals surface area (Å²) in [4.78, 5) is 21.8. The van der Waals surface area contributed by atoms with E-state index in [0.717, 1.165) is 16.8 Å². The van der Waals surface area contributed by atoms with Crippen LogP contribution in [-0.2, 0) is 4.74 Å². The second-order valence-corrected chi connectivity index (χ2v) is 6.59. The Hall–Kier alpha value is -2.38. The van der Waals surface area contributed by atoms with Crippen molar-refractivity contribution in [1.29, 1.82) is 0 Å². The summed E-state index contributed by atoms with van der Waals surface area (Å²) < 4.78 is 7.03. The van der Waals surface area contributed by atoms with Gasteiger partial charge in [-0.05, 0) is 37.1 Å². The van der Waals surface area contributed by atoms with Crippen LogP contribution >= 0.6 is 11.6 Å². The highest BCUT2D eigenvalue weighted by atomic mass is 35.5. The van der Waals surface area contributed by atoms with E-state index in [1.54, 1.807) is 10.9 Å². The van der Waals surface area contributed by atoms with Crippen LogP contribution in [0.5, 0.6) is 0 Å². The van der Waals surface area contributed by atoms with Gasteiger partial charge in [0.05, 0.1) is 18.9 Å². The Morgan fingerprint density at radius 3 is 2.72 bits per heavy atom. The quantitative estimate of drug-likeness (QED) is 0.759. The van der Waals surface area contributed by atoms with Crippen molar-refractivity contribution in [2.75, 3.05) is 31.2 Å². The van der Waals surface area contributed by atoms with Gasteiger partial charge in [0.25, 0.3) is 5.56 Å². The first-order chi connectivity index (χ1) is 12.0. The summed E-state index contributed by atoms with van der Waals surface area (Å²) in [5.41, 5.74) is 3.05. The first-order valence-electron chi connectivity index (χ1n) is 8.12. The maximum Gasteiger partial charge on any atom is 0.263 e. The monoisotopic (exact) mass is 359 g/mol. The molecule has 8 heteroatoms. The molecule has 4 rings (SSSR count). The second-order valence-electron chi connectivity index (χ2n) is 6.19. The number of ether oxygens (including phenoxy) is 1. The van der Waals surface area contributed by atoms with E-state index in [0.29, 0.717) is 48.3 Å². The van der Waals surface area contributed by atoms with Crippen molar-refractivity contribution in [3.63, 3.8) is 0 Å². The van der Waals surface area contributed by atoms with E-state index >= 15 is 0 Å². The van der Waals surface area contributed by atoms with Crippen LogP contribution in [0.3, 0.4) is 0 Å². The molecule has 1 aliphatic rings. The summed E-state index contributed by atoms with van der Waals surface area (Å²) >= 11 is 6.17. The number of nitrogens with one attached hydrogen (secondary N) is 1. The molecule has 3 aromatic rings. The largest absolute Gasteiger partial charge is 0.378 e. The number of fused-ring (bicyclic) bond motifs is 1. The first kappa shape index (κ1) is 16.1. The van der Waals surface area contributed by atoms with Crippen molar-refractivity contribution < 1.29 is 4.74 Å². The number of hydrogen-bond acceptors (Lipinski definition) is 5. The van der Waals surface area contributed by atoms with Gasteiger partial charge in [-0.3, -0.25) is 9.78 Å². The van der Waals surface area contributed by atoms with E-state index < -0.39 is 0 Å². The van der Waals surface area contributed by atoms with Crippen molar-refractivity contribution >= 4 is 28.6 Å². The molecule has 7 nitrogen and oxygen atoms in total. The number of benzene rings is 1. The zero-order valence-corrected chi connectivity index (χ0v) is 14.8. The van der Waals surface area contributed by atoms with Crippen molar-refractivity contribution in [3.8, 4) is 5.69 Å². The number of aryl methyl sites for hydroxylation is 2. The molecular weight excluding hydrogens is 342 g/mol. The molecule has 130 valence electrons. The van der Waals surface area contributed by atoms with Crippen LogP contribution < -0.4 is 10.5 Å². The van der Waals surface area contributed by atoms with Crippen LogP contribution in [0.15, 0.2) is 23.1 Å². The van der Waals surface area contributed by atoms with Crippen LogP contribution in [0.25, 0.3) is 16.7 Å². The lowest BCUT2D eigenvalue weighted by atomic mass is 10.1. The van der Waals surface area contributed by atoms with E-state index in [9.17, 15) is 4.79 Å². The Bertz CT molecular complexity index is 1000. The third-order valence-corrected chi connectivity index (χ3v) is 4.82. The van der Waals surface area contributed by atoms with Crippen LogP contribution in [0.4, 0.5) is 5.95 Å². The lowest BCUT2D eigenvalue weighted by Crippen LogP contribution is -2.38. The summed E-state index contributed by atoms with van der Waals surface area (Å²) in [6.45, 7) is 6.55. The summed E-state index contributed by atoms with van der Waals surface area (Å²) in [5.74, 6) is 0.537. The molecule has 1 aliphatic heterocycles. The van der Waals surface area contributed by atoms with E-state index in [2.05, 4.69) is 15.1 Å². The SMILES string of the molecule is Cc1cc(-n2cc3c(=O)[nH]c(N4CCOCC4)nc3n2)c(C)cc1Cl. The zero-order chi connectivity index (χ0) is 17.6. The van der Waals surface area contributed by atoms with Crippen LogP contribution in [-0.4, -0.2) is 46.1 Å². The molecule has 1 fully saturated rings. The molecule has 0 amide bonds. The third kappa shape index (κ3) is 2.89. The van der Waals surface area contributed by atoms with Crippen LogP contribution in [0, 0.1) is 13.8 Å². The molecule has 1 N–H and O–H groups in total. The molecule has 0 radical (unpaired) electrons. The Morgan fingerprint density at radius 1 is 1.20 bits per heavy atom. The minimum Gasteiger partial charge on any atom is -0.378 e. The van der Waals surface area contributed by atoms with E-state index in [4.69, 9.17) is 16.3 Å². The number of nitrogens with zero attached hydrogens (tertiary/aromatic N) is 4. The minimum absolute atomic E-state index is 0.193. The number of anilines is 1. The van der Waals surface area contributed by atoms with Crippen molar-refractivity contribution in [2.45, 2.75) is 13.8 Å². The van der Waals surface area contributed by atoms with Crippen molar-refractivity contribution in [2.24, 2.45) is 0 Å². The number of rotatable bonds is 2. The Morgan fingerprint density at radius 2 is 1.96 bits per heavy atom.